The van der Waals surface area contributed by atoms with Gasteiger partial charge in [-0.25, -0.2) is 8.42 Å². The van der Waals surface area contributed by atoms with Gasteiger partial charge in [-0.3, -0.25) is 9.78 Å². The molecular weight excluding hydrogens is 419 g/mol. The Morgan fingerprint density at radius 2 is 1.75 bits per heavy atom. The molecular formula is C20H22Cl2N2O3S. The first-order valence-electron chi connectivity index (χ1n) is 9.14. The SMILES string of the molecule is CC1CCCC(C)N1C(=O)c1cncc(CS(=O)(=O)c2c(Cl)cccc2Cl)c1. The molecule has 1 saturated heterocycles. The van der Waals surface area contributed by atoms with Crippen LogP contribution in [0.5, 0.6) is 0 Å². The quantitative estimate of drug-likeness (QED) is 0.686. The number of halogens is 2. The summed E-state index contributed by atoms with van der Waals surface area (Å²) >= 11 is 12.1. The Morgan fingerprint density at radius 1 is 1.14 bits per heavy atom. The summed E-state index contributed by atoms with van der Waals surface area (Å²) in [5, 5.41) is 0.146. The van der Waals surface area contributed by atoms with E-state index in [0.717, 1.165) is 19.3 Å². The van der Waals surface area contributed by atoms with E-state index >= 15 is 0 Å². The molecule has 1 aromatic heterocycles. The summed E-state index contributed by atoms with van der Waals surface area (Å²) in [6, 6.07) is 6.43. The van der Waals surface area contributed by atoms with Gasteiger partial charge in [0.15, 0.2) is 9.84 Å². The number of benzene rings is 1. The number of piperidine rings is 1. The van der Waals surface area contributed by atoms with Crippen molar-refractivity contribution in [3.63, 3.8) is 0 Å². The number of likely N-dealkylation sites (tertiary alicyclic amines) is 1. The van der Waals surface area contributed by atoms with Gasteiger partial charge in [0.25, 0.3) is 5.91 Å². The van der Waals surface area contributed by atoms with Crippen LogP contribution in [0.3, 0.4) is 0 Å². The van der Waals surface area contributed by atoms with Gasteiger partial charge in [0.1, 0.15) is 4.90 Å². The van der Waals surface area contributed by atoms with E-state index in [1.165, 1.54) is 24.5 Å². The van der Waals surface area contributed by atoms with Crippen molar-refractivity contribution in [2.45, 2.75) is 55.8 Å². The second-order valence-corrected chi connectivity index (χ2v) is 9.97. The molecule has 2 heterocycles. The van der Waals surface area contributed by atoms with Crippen LogP contribution in [0.4, 0.5) is 0 Å². The normalized spacial score (nSPS) is 20.2. The molecule has 8 heteroatoms. The summed E-state index contributed by atoms with van der Waals surface area (Å²) < 4.78 is 25.7. The highest BCUT2D eigenvalue weighted by atomic mass is 35.5. The first-order chi connectivity index (χ1) is 13.2. The molecule has 0 aliphatic carbocycles. The van der Waals surface area contributed by atoms with Gasteiger partial charge in [0.2, 0.25) is 0 Å². The number of aromatic nitrogens is 1. The van der Waals surface area contributed by atoms with Crippen LogP contribution in [0.1, 0.15) is 49.0 Å². The molecule has 1 amide bonds. The lowest BCUT2D eigenvalue weighted by Gasteiger charge is -2.39. The third-order valence-electron chi connectivity index (χ3n) is 5.06. The number of carbonyl (C=O) groups is 1. The Balaban J connectivity index is 1.88. The van der Waals surface area contributed by atoms with Crippen molar-refractivity contribution in [3.05, 3.63) is 57.8 Å². The molecule has 0 radical (unpaired) electrons. The van der Waals surface area contributed by atoms with Crippen LogP contribution < -0.4 is 0 Å². The maximum Gasteiger partial charge on any atom is 0.255 e. The second kappa shape index (κ2) is 8.39. The van der Waals surface area contributed by atoms with Crippen LogP contribution in [0, 0.1) is 0 Å². The highest BCUT2D eigenvalue weighted by molar-refractivity contribution is 7.90. The number of sulfone groups is 1. The standard InChI is InChI=1S/C20H22Cl2N2O3S/c1-13-5-3-6-14(2)24(13)20(25)16-9-15(10-23-11-16)12-28(26,27)19-17(21)7-4-8-18(19)22/h4,7-11,13-14H,3,5-6,12H2,1-2H3. The highest BCUT2D eigenvalue weighted by Gasteiger charge is 2.30. The average molecular weight is 441 g/mol. The van der Waals surface area contributed by atoms with Crippen LogP contribution in [0.15, 0.2) is 41.6 Å². The lowest BCUT2D eigenvalue weighted by atomic mass is 9.96. The van der Waals surface area contributed by atoms with E-state index in [4.69, 9.17) is 23.2 Å². The molecule has 1 aromatic carbocycles. The van der Waals surface area contributed by atoms with E-state index in [2.05, 4.69) is 4.98 Å². The topological polar surface area (TPSA) is 67.3 Å². The van der Waals surface area contributed by atoms with Gasteiger partial charge in [0, 0.05) is 24.5 Å². The minimum absolute atomic E-state index is 0.0728. The summed E-state index contributed by atoms with van der Waals surface area (Å²) in [6.07, 6.45) is 5.95. The van der Waals surface area contributed by atoms with Gasteiger partial charge < -0.3 is 4.90 Å². The Hall–Kier alpha value is -1.63. The molecule has 1 aliphatic rings. The number of hydrogen-bond acceptors (Lipinski definition) is 4. The van der Waals surface area contributed by atoms with E-state index in [0.29, 0.717) is 11.1 Å². The molecule has 1 aliphatic heterocycles. The summed E-state index contributed by atoms with van der Waals surface area (Å²) in [6.45, 7) is 4.07. The Kier molecular flexibility index (Phi) is 6.32. The number of rotatable bonds is 4. The molecule has 5 nitrogen and oxygen atoms in total. The Labute approximate surface area is 175 Å². The molecule has 3 rings (SSSR count). The van der Waals surface area contributed by atoms with Gasteiger partial charge in [-0.1, -0.05) is 29.3 Å². The van der Waals surface area contributed by atoms with Crippen molar-refractivity contribution in [1.29, 1.82) is 0 Å². The smallest absolute Gasteiger partial charge is 0.255 e. The van der Waals surface area contributed by atoms with Crippen molar-refractivity contribution in [2.24, 2.45) is 0 Å². The van der Waals surface area contributed by atoms with Crippen LogP contribution in [-0.4, -0.2) is 36.3 Å². The zero-order valence-corrected chi connectivity index (χ0v) is 18.1. The van der Waals surface area contributed by atoms with Gasteiger partial charge in [-0.15, -0.1) is 0 Å². The largest absolute Gasteiger partial charge is 0.333 e. The third-order valence-corrected chi connectivity index (χ3v) is 7.69. The minimum Gasteiger partial charge on any atom is -0.333 e. The van der Waals surface area contributed by atoms with Crippen LogP contribution >= 0.6 is 23.2 Å². The monoisotopic (exact) mass is 440 g/mol. The summed E-state index contributed by atoms with van der Waals surface area (Å²) in [4.78, 5) is 18.9. The average Bonchev–Trinajstić information content (AvgIpc) is 2.61. The fraction of sp³-hybridized carbons (Fsp3) is 0.400. The van der Waals surface area contributed by atoms with Crippen molar-refractivity contribution < 1.29 is 13.2 Å². The molecule has 0 bridgehead atoms. The third kappa shape index (κ3) is 4.34. The van der Waals surface area contributed by atoms with E-state index in [1.807, 2.05) is 18.7 Å². The van der Waals surface area contributed by atoms with Crippen molar-refractivity contribution in [2.75, 3.05) is 0 Å². The number of carbonyl (C=O) groups excluding carboxylic acids is 1. The molecule has 0 spiro atoms. The first-order valence-corrected chi connectivity index (χ1v) is 11.5. The molecule has 0 saturated carbocycles. The fourth-order valence-corrected chi connectivity index (χ4v) is 6.30. The number of amides is 1. The van der Waals surface area contributed by atoms with Gasteiger partial charge >= 0.3 is 0 Å². The first kappa shape index (κ1) is 21.1. The summed E-state index contributed by atoms with van der Waals surface area (Å²) in [5.41, 5.74) is 0.803. The van der Waals surface area contributed by atoms with Gasteiger partial charge in [-0.2, -0.15) is 0 Å². The molecule has 2 atom stereocenters. The maximum absolute atomic E-state index is 13.0. The van der Waals surface area contributed by atoms with Gasteiger partial charge in [0.05, 0.1) is 21.4 Å². The van der Waals surface area contributed by atoms with E-state index < -0.39 is 9.84 Å². The van der Waals surface area contributed by atoms with Crippen LogP contribution in [0.2, 0.25) is 10.0 Å². The predicted molar refractivity (Wildman–Crippen MR) is 111 cm³/mol. The van der Waals surface area contributed by atoms with Crippen molar-refractivity contribution in [1.82, 2.24) is 9.88 Å². The number of nitrogens with zero attached hydrogens (tertiary/aromatic N) is 2. The summed E-state index contributed by atoms with van der Waals surface area (Å²) in [7, 11) is -3.79. The van der Waals surface area contributed by atoms with Gasteiger partial charge in [-0.05, 0) is 56.9 Å². The fourth-order valence-electron chi connectivity index (χ4n) is 3.73. The number of hydrogen-bond donors (Lipinski definition) is 0. The molecule has 0 N–H and O–H groups in total. The lowest BCUT2D eigenvalue weighted by molar-refractivity contribution is 0.0510. The van der Waals surface area contributed by atoms with E-state index in [1.54, 1.807) is 12.1 Å². The predicted octanol–water partition coefficient (Wildman–Crippen LogP) is 4.77. The maximum atomic E-state index is 13.0. The second-order valence-electron chi connectivity index (χ2n) is 7.23. The molecule has 2 aromatic rings. The molecule has 150 valence electrons. The zero-order valence-electron chi connectivity index (χ0n) is 15.7. The van der Waals surface area contributed by atoms with E-state index in [-0.39, 0.29) is 38.7 Å². The molecule has 2 unspecified atom stereocenters. The lowest BCUT2D eigenvalue weighted by Crippen LogP contribution is -2.47. The minimum atomic E-state index is -3.79. The Morgan fingerprint density at radius 3 is 2.36 bits per heavy atom. The highest BCUT2D eigenvalue weighted by Crippen LogP contribution is 2.31. The van der Waals surface area contributed by atoms with Crippen molar-refractivity contribution >= 4 is 38.9 Å². The molecule has 1 fully saturated rings. The zero-order chi connectivity index (χ0) is 20.5. The number of pyridine rings is 1. The van der Waals surface area contributed by atoms with Crippen LogP contribution in [-0.2, 0) is 15.6 Å². The van der Waals surface area contributed by atoms with E-state index in [9.17, 15) is 13.2 Å². The Bertz CT molecular complexity index is 964. The van der Waals surface area contributed by atoms with Crippen LogP contribution in [0.25, 0.3) is 0 Å². The summed E-state index contributed by atoms with van der Waals surface area (Å²) in [5.74, 6) is -0.461. The molecule has 28 heavy (non-hydrogen) atoms. The van der Waals surface area contributed by atoms with Crippen molar-refractivity contribution in [3.8, 4) is 0 Å².